The van der Waals surface area contributed by atoms with Crippen molar-refractivity contribution in [3.63, 3.8) is 0 Å². The van der Waals surface area contributed by atoms with E-state index in [9.17, 15) is 21.6 Å². The van der Waals surface area contributed by atoms with Crippen molar-refractivity contribution < 1.29 is 21.6 Å². The Morgan fingerprint density at radius 2 is 1.53 bits per heavy atom. The van der Waals surface area contributed by atoms with Crippen molar-refractivity contribution in [2.24, 2.45) is 5.41 Å². The highest BCUT2D eigenvalue weighted by molar-refractivity contribution is 7.90. The quantitative estimate of drug-likeness (QED) is 0.413. The molecule has 0 spiro atoms. The number of carbonyl (C=O) groups is 1. The Morgan fingerprint density at radius 1 is 0.971 bits per heavy atom. The fourth-order valence-corrected chi connectivity index (χ4v) is 6.58. The summed E-state index contributed by atoms with van der Waals surface area (Å²) in [6.45, 7) is 5.46. The van der Waals surface area contributed by atoms with Crippen LogP contribution < -0.4 is 4.83 Å². The van der Waals surface area contributed by atoms with Gasteiger partial charge in [-0.3, -0.25) is 9.80 Å². The first kappa shape index (κ1) is 28.0. The molecule has 2 atom stereocenters. The van der Waals surface area contributed by atoms with Gasteiger partial charge in [0, 0.05) is 6.26 Å². The van der Waals surface area contributed by atoms with E-state index in [1.54, 1.807) is 25.1 Å². The molecule has 7 nitrogen and oxygen atoms in total. The summed E-state index contributed by atoms with van der Waals surface area (Å²) in [4.78, 5) is 16.5. The predicted molar refractivity (Wildman–Crippen MR) is 135 cm³/mol. The van der Waals surface area contributed by atoms with Crippen molar-refractivity contribution in [2.75, 3.05) is 12.0 Å². The fraction of sp³-hybridized carbons (Fsp3) is 0.480. The van der Waals surface area contributed by atoms with Crippen LogP contribution in [0.4, 0.5) is 0 Å². The number of benzene rings is 2. The summed E-state index contributed by atoms with van der Waals surface area (Å²) >= 11 is 0. The molecule has 0 aromatic heterocycles. The second kappa shape index (κ2) is 12.0. The maximum atomic E-state index is 14.0. The molecule has 0 aliphatic carbocycles. The molecule has 0 heterocycles. The molecule has 2 aromatic rings. The van der Waals surface area contributed by atoms with E-state index in [0.29, 0.717) is 25.7 Å². The van der Waals surface area contributed by atoms with E-state index >= 15 is 0 Å². The summed E-state index contributed by atoms with van der Waals surface area (Å²) in [5.41, 5.74) is -0.322. The number of carbonyl (C=O) groups excluding carboxylic acids is 1. The molecule has 0 bridgehead atoms. The standard InChI is InChI=1S/C25H36N2O5S2/c1-5-7-18-25(3,20-33(4,29)30)24(28)27(22(6-2)19-21-14-10-8-11-15-21)26-34(31,32)23-16-12-9-13-17-23/h8-17,22,26H,5-7,18-20H2,1-4H3. The smallest absolute Gasteiger partial charge is 0.257 e. The normalized spacial score (nSPS) is 14.8. The summed E-state index contributed by atoms with van der Waals surface area (Å²) < 4.78 is 51.0. The number of hydrazine groups is 1. The predicted octanol–water partition coefficient (Wildman–Crippen LogP) is 3.97. The van der Waals surface area contributed by atoms with Gasteiger partial charge in [0.2, 0.25) is 5.91 Å². The van der Waals surface area contributed by atoms with E-state index < -0.39 is 37.2 Å². The third-order valence-electron chi connectivity index (χ3n) is 5.82. The Labute approximate surface area is 204 Å². The lowest BCUT2D eigenvalue weighted by Crippen LogP contribution is -2.58. The minimum absolute atomic E-state index is 0.0285. The van der Waals surface area contributed by atoms with Crippen molar-refractivity contribution >= 4 is 25.8 Å². The van der Waals surface area contributed by atoms with Crippen molar-refractivity contribution in [1.29, 1.82) is 0 Å². The van der Waals surface area contributed by atoms with Crippen molar-refractivity contribution in [3.8, 4) is 0 Å². The van der Waals surface area contributed by atoms with Gasteiger partial charge in [-0.05, 0) is 43.9 Å². The minimum atomic E-state index is -4.07. The molecule has 0 radical (unpaired) electrons. The summed E-state index contributed by atoms with van der Waals surface area (Å²) in [6, 6.07) is 16.8. The zero-order chi connectivity index (χ0) is 25.4. The average Bonchev–Trinajstić information content (AvgIpc) is 2.79. The van der Waals surface area contributed by atoms with Crippen LogP contribution in [0, 0.1) is 5.41 Å². The lowest BCUT2D eigenvalue weighted by Gasteiger charge is -2.38. The fourth-order valence-electron chi connectivity index (χ4n) is 4.05. The summed E-state index contributed by atoms with van der Waals surface area (Å²) in [5.74, 6) is -0.891. The average molecular weight is 509 g/mol. The van der Waals surface area contributed by atoms with E-state index in [-0.39, 0.29) is 10.6 Å². The number of hydrogen-bond acceptors (Lipinski definition) is 5. The number of sulfonamides is 1. The second-order valence-electron chi connectivity index (χ2n) is 9.07. The minimum Gasteiger partial charge on any atom is -0.273 e. The summed E-state index contributed by atoms with van der Waals surface area (Å²) in [6.07, 6.45) is 3.75. The Kier molecular flexibility index (Phi) is 9.84. The first-order valence-electron chi connectivity index (χ1n) is 11.5. The van der Waals surface area contributed by atoms with Gasteiger partial charge in [-0.25, -0.2) is 16.8 Å². The lowest BCUT2D eigenvalue weighted by atomic mass is 9.85. The molecule has 188 valence electrons. The van der Waals surface area contributed by atoms with E-state index in [1.165, 1.54) is 12.1 Å². The molecule has 2 aromatic carbocycles. The SMILES string of the molecule is CCCCC(C)(CS(C)(=O)=O)C(=O)N(NS(=O)(=O)c1ccccc1)C(CC)Cc1ccccc1. The molecule has 34 heavy (non-hydrogen) atoms. The van der Waals surface area contributed by atoms with Crippen LogP contribution in [-0.4, -0.2) is 45.8 Å². The van der Waals surface area contributed by atoms with Gasteiger partial charge in [0.1, 0.15) is 9.84 Å². The van der Waals surface area contributed by atoms with Gasteiger partial charge in [0.15, 0.2) is 0 Å². The zero-order valence-electron chi connectivity index (χ0n) is 20.4. The number of rotatable bonds is 13. The molecular formula is C25H36N2O5S2. The molecular weight excluding hydrogens is 472 g/mol. The first-order chi connectivity index (χ1) is 15.9. The lowest BCUT2D eigenvalue weighted by molar-refractivity contribution is -0.145. The van der Waals surface area contributed by atoms with Gasteiger partial charge in [-0.15, -0.1) is 4.83 Å². The number of nitrogens with one attached hydrogen (secondary N) is 1. The third-order valence-corrected chi connectivity index (χ3v) is 8.31. The summed E-state index contributed by atoms with van der Waals surface area (Å²) in [7, 11) is -7.57. The maximum Gasteiger partial charge on any atom is 0.257 e. The second-order valence-corrected chi connectivity index (χ2v) is 12.9. The zero-order valence-corrected chi connectivity index (χ0v) is 22.0. The van der Waals surface area contributed by atoms with Gasteiger partial charge >= 0.3 is 0 Å². The topological polar surface area (TPSA) is 101 Å². The molecule has 1 amide bonds. The van der Waals surface area contributed by atoms with Crippen LogP contribution in [0.3, 0.4) is 0 Å². The third kappa shape index (κ3) is 7.92. The van der Waals surface area contributed by atoms with E-state index in [0.717, 1.165) is 23.2 Å². The first-order valence-corrected chi connectivity index (χ1v) is 15.1. The van der Waals surface area contributed by atoms with Crippen LogP contribution >= 0.6 is 0 Å². The van der Waals surface area contributed by atoms with E-state index in [1.807, 2.05) is 44.2 Å². The highest BCUT2D eigenvalue weighted by Gasteiger charge is 2.42. The van der Waals surface area contributed by atoms with E-state index in [2.05, 4.69) is 4.83 Å². The Balaban J connectivity index is 2.53. The molecule has 0 saturated heterocycles. The van der Waals surface area contributed by atoms with Gasteiger partial charge < -0.3 is 0 Å². The molecule has 0 aliphatic rings. The van der Waals surface area contributed by atoms with Crippen LogP contribution in [0.1, 0.15) is 52.0 Å². The Hall–Kier alpha value is -2.23. The van der Waals surface area contributed by atoms with Crippen LogP contribution in [0.2, 0.25) is 0 Å². The molecule has 2 rings (SSSR count). The molecule has 0 saturated carbocycles. The van der Waals surface area contributed by atoms with Gasteiger partial charge in [-0.1, -0.05) is 75.2 Å². The molecule has 1 N–H and O–H groups in total. The number of hydrogen-bond donors (Lipinski definition) is 1. The molecule has 0 aliphatic heterocycles. The van der Waals surface area contributed by atoms with Gasteiger partial charge in [0.05, 0.1) is 22.1 Å². The van der Waals surface area contributed by atoms with Crippen LogP contribution in [0.5, 0.6) is 0 Å². The Bertz CT molecular complexity index is 1140. The van der Waals surface area contributed by atoms with Gasteiger partial charge in [0.25, 0.3) is 10.0 Å². The molecule has 9 heteroatoms. The van der Waals surface area contributed by atoms with Crippen LogP contribution in [0.15, 0.2) is 65.6 Å². The number of nitrogens with zero attached hydrogens (tertiary/aromatic N) is 1. The van der Waals surface area contributed by atoms with Gasteiger partial charge in [-0.2, -0.15) is 0 Å². The Morgan fingerprint density at radius 3 is 2.03 bits per heavy atom. The number of amides is 1. The number of unbranched alkanes of at least 4 members (excludes halogenated alkanes) is 1. The van der Waals surface area contributed by atoms with E-state index in [4.69, 9.17) is 0 Å². The molecule has 2 unspecified atom stereocenters. The summed E-state index contributed by atoms with van der Waals surface area (Å²) in [5, 5.41) is 1.16. The monoisotopic (exact) mass is 508 g/mol. The van der Waals surface area contributed by atoms with Crippen LogP contribution in [-0.2, 0) is 31.1 Å². The largest absolute Gasteiger partial charge is 0.273 e. The van der Waals surface area contributed by atoms with Crippen molar-refractivity contribution in [3.05, 3.63) is 66.2 Å². The number of sulfone groups is 1. The highest BCUT2D eigenvalue weighted by atomic mass is 32.2. The van der Waals surface area contributed by atoms with Crippen LogP contribution in [0.25, 0.3) is 0 Å². The van der Waals surface area contributed by atoms with Crippen molar-refractivity contribution in [1.82, 2.24) is 9.84 Å². The van der Waals surface area contributed by atoms with Crippen molar-refractivity contribution in [2.45, 2.75) is 63.8 Å². The highest BCUT2D eigenvalue weighted by Crippen LogP contribution is 2.31. The molecule has 0 fully saturated rings. The maximum absolute atomic E-state index is 14.0.